The van der Waals surface area contributed by atoms with E-state index in [0.717, 1.165) is 6.42 Å². The van der Waals surface area contributed by atoms with Crippen LogP contribution in [0.1, 0.15) is 19.8 Å². The van der Waals surface area contributed by atoms with Crippen molar-refractivity contribution in [3.63, 3.8) is 0 Å². The number of hydrogen-bond donors (Lipinski definition) is 0. The minimum atomic E-state index is -3.73. The number of ether oxygens (including phenoxy) is 3. The lowest BCUT2D eigenvalue weighted by Gasteiger charge is -2.38. The zero-order chi connectivity index (χ0) is 23.3. The number of likely N-dealkylation sites (tertiary alicyclic amines) is 1. The number of rotatable bonds is 6. The van der Waals surface area contributed by atoms with E-state index in [1.807, 2.05) is 0 Å². The smallest absolute Gasteiger partial charge is 0.409 e. The largest absolute Gasteiger partial charge is 0.493 e. The Labute approximate surface area is 189 Å². The van der Waals surface area contributed by atoms with E-state index in [9.17, 15) is 18.0 Å². The standard InChI is InChI=1S/C21H31N3O7S/c1-4-31-21(26)23-9-5-6-16(15-23)20(25)22-10-12-24(13-11-22)32(27,28)17-7-8-18(29-2)19(14-17)30-3/h7-8,14,16H,4-6,9-13,15H2,1-3H3/t16-/m0/s1. The number of piperazine rings is 1. The number of methoxy groups -OCH3 is 2. The SMILES string of the molecule is CCOC(=O)N1CCC[C@H](C(=O)N2CCN(S(=O)(=O)c3ccc(OC)c(OC)c3)CC2)C1. The molecule has 0 N–H and O–H groups in total. The first-order valence-electron chi connectivity index (χ1n) is 10.7. The van der Waals surface area contributed by atoms with Crippen molar-refractivity contribution in [2.45, 2.75) is 24.7 Å². The van der Waals surface area contributed by atoms with E-state index in [1.165, 1.54) is 30.7 Å². The topological polar surface area (TPSA) is 106 Å². The van der Waals surface area contributed by atoms with Crippen molar-refractivity contribution in [2.24, 2.45) is 5.92 Å². The average molecular weight is 470 g/mol. The first-order valence-corrected chi connectivity index (χ1v) is 12.2. The Hall–Kier alpha value is -2.53. The van der Waals surface area contributed by atoms with Crippen LogP contribution in [0, 0.1) is 5.92 Å². The van der Waals surface area contributed by atoms with Crippen LogP contribution in [0.25, 0.3) is 0 Å². The number of amides is 2. The molecular formula is C21H31N3O7S. The van der Waals surface area contributed by atoms with Crippen LogP contribution in [0.5, 0.6) is 11.5 Å². The third-order valence-corrected chi connectivity index (χ3v) is 7.73. The van der Waals surface area contributed by atoms with Gasteiger partial charge in [0.1, 0.15) is 0 Å². The highest BCUT2D eigenvalue weighted by Crippen LogP contribution is 2.31. The monoisotopic (exact) mass is 469 g/mol. The van der Waals surface area contributed by atoms with E-state index in [0.29, 0.717) is 50.7 Å². The molecule has 0 radical (unpaired) electrons. The van der Waals surface area contributed by atoms with E-state index in [-0.39, 0.29) is 29.8 Å². The van der Waals surface area contributed by atoms with Gasteiger partial charge in [0.2, 0.25) is 15.9 Å². The minimum Gasteiger partial charge on any atom is -0.493 e. The van der Waals surface area contributed by atoms with Crippen LogP contribution in [0.2, 0.25) is 0 Å². The first kappa shape index (κ1) is 24.1. The molecule has 1 aromatic rings. The van der Waals surface area contributed by atoms with Crippen LogP contribution >= 0.6 is 0 Å². The van der Waals surface area contributed by atoms with Crippen molar-refractivity contribution in [3.05, 3.63) is 18.2 Å². The van der Waals surface area contributed by atoms with E-state index in [1.54, 1.807) is 22.8 Å². The predicted octanol–water partition coefficient (Wildman–Crippen LogP) is 1.41. The molecule has 2 aliphatic heterocycles. The number of carbonyl (C=O) groups excluding carboxylic acids is 2. The molecule has 0 aromatic heterocycles. The van der Waals surface area contributed by atoms with E-state index in [4.69, 9.17) is 14.2 Å². The molecule has 11 heteroatoms. The van der Waals surface area contributed by atoms with Crippen molar-refractivity contribution in [1.29, 1.82) is 0 Å². The summed E-state index contributed by atoms with van der Waals surface area (Å²) in [5.41, 5.74) is 0. The zero-order valence-electron chi connectivity index (χ0n) is 18.8. The fourth-order valence-corrected chi connectivity index (χ4v) is 5.53. The van der Waals surface area contributed by atoms with Crippen molar-refractivity contribution in [1.82, 2.24) is 14.1 Å². The Morgan fingerprint density at radius 3 is 2.31 bits per heavy atom. The van der Waals surface area contributed by atoms with Crippen molar-refractivity contribution >= 4 is 22.0 Å². The van der Waals surface area contributed by atoms with Crippen LogP contribution in [0.15, 0.2) is 23.1 Å². The molecule has 32 heavy (non-hydrogen) atoms. The van der Waals surface area contributed by atoms with Gasteiger partial charge in [0.15, 0.2) is 11.5 Å². The Kier molecular flexibility index (Phi) is 7.83. The number of carbonyl (C=O) groups is 2. The fraction of sp³-hybridized carbons (Fsp3) is 0.619. The first-order chi connectivity index (χ1) is 15.3. The molecule has 1 aromatic carbocycles. The molecule has 178 valence electrons. The second-order valence-electron chi connectivity index (χ2n) is 7.73. The van der Waals surface area contributed by atoms with Crippen molar-refractivity contribution in [3.8, 4) is 11.5 Å². The summed E-state index contributed by atoms with van der Waals surface area (Å²) < 4.78 is 43.0. The summed E-state index contributed by atoms with van der Waals surface area (Å²) in [6, 6.07) is 4.49. The zero-order valence-corrected chi connectivity index (χ0v) is 19.6. The van der Waals surface area contributed by atoms with Gasteiger partial charge < -0.3 is 24.0 Å². The van der Waals surface area contributed by atoms with Crippen LogP contribution < -0.4 is 9.47 Å². The van der Waals surface area contributed by atoms with Gasteiger partial charge in [0.25, 0.3) is 0 Å². The average Bonchev–Trinajstić information content (AvgIpc) is 2.83. The van der Waals surface area contributed by atoms with E-state index in [2.05, 4.69) is 0 Å². The highest BCUT2D eigenvalue weighted by atomic mass is 32.2. The molecule has 0 spiro atoms. The van der Waals surface area contributed by atoms with Gasteiger partial charge in [-0.25, -0.2) is 13.2 Å². The lowest BCUT2D eigenvalue weighted by atomic mass is 9.96. The molecule has 0 bridgehead atoms. The number of nitrogens with zero attached hydrogens (tertiary/aromatic N) is 3. The molecule has 2 fully saturated rings. The Bertz CT molecular complexity index is 929. The Morgan fingerprint density at radius 2 is 1.69 bits per heavy atom. The maximum Gasteiger partial charge on any atom is 0.409 e. The molecule has 0 aliphatic carbocycles. The summed E-state index contributed by atoms with van der Waals surface area (Å²) in [7, 11) is -0.792. The molecule has 10 nitrogen and oxygen atoms in total. The molecule has 2 aliphatic rings. The summed E-state index contributed by atoms with van der Waals surface area (Å²) in [4.78, 5) is 28.4. The van der Waals surface area contributed by atoms with E-state index >= 15 is 0 Å². The number of hydrogen-bond acceptors (Lipinski definition) is 7. The van der Waals surface area contributed by atoms with Gasteiger partial charge in [-0.1, -0.05) is 0 Å². The Balaban J connectivity index is 1.62. The van der Waals surface area contributed by atoms with Crippen LogP contribution in [-0.4, -0.2) is 94.6 Å². The van der Waals surface area contributed by atoms with Crippen molar-refractivity contribution < 1.29 is 32.2 Å². The third-order valence-electron chi connectivity index (χ3n) is 5.84. The lowest BCUT2D eigenvalue weighted by Crippen LogP contribution is -2.54. The van der Waals surface area contributed by atoms with Gasteiger partial charge in [-0.15, -0.1) is 0 Å². The van der Waals surface area contributed by atoms with Crippen molar-refractivity contribution in [2.75, 3.05) is 60.1 Å². The highest BCUT2D eigenvalue weighted by molar-refractivity contribution is 7.89. The molecule has 2 saturated heterocycles. The van der Waals surface area contributed by atoms with Gasteiger partial charge in [-0.3, -0.25) is 4.79 Å². The summed E-state index contributed by atoms with van der Waals surface area (Å²) in [6.07, 6.45) is 1.05. The molecular weight excluding hydrogens is 438 g/mol. The van der Waals surface area contributed by atoms with Crippen LogP contribution in [-0.2, 0) is 19.6 Å². The highest BCUT2D eigenvalue weighted by Gasteiger charge is 2.35. The van der Waals surface area contributed by atoms with Gasteiger partial charge in [-0.05, 0) is 31.9 Å². The number of piperidine rings is 1. The van der Waals surface area contributed by atoms with Gasteiger partial charge in [0, 0.05) is 45.3 Å². The lowest BCUT2D eigenvalue weighted by molar-refractivity contribution is -0.138. The second-order valence-corrected chi connectivity index (χ2v) is 9.67. The summed E-state index contributed by atoms with van der Waals surface area (Å²) in [6.45, 7) is 3.99. The maximum absolute atomic E-state index is 13.1. The quantitative estimate of drug-likeness (QED) is 0.620. The molecule has 1 atom stereocenters. The van der Waals surface area contributed by atoms with E-state index < -0.39 is 16.1 Å². The Morgan fingerprint density at radius 1 is 1.00 bits per heavy atom. The number of sulfonamides is 1. The second kappa shape index (κ2) is 10.4. The molecule has 2 heterocycles. The normalized spacial score (nSPS) is 20.0. The fourth-order valence-electron chi connectivity index (χ4n) is 4.09. The maximum atomic E-state index is 13.1. The third kappa shape index (κ3) is 5.09. The summed E-state index contributed by atoms with van der Waals surface area (Å²) in [5.74, 6) is 0.460. The molecule has 0 saturated carbocycles. The van der Waals surface area contributed by atoms with Gasteiger partial charge >= 0.3 is 6.09 Å². The van der Waals surface area contributed by atoms with Crippen LogP contribution in [0.3, 0.4) is 0 Å². The van der Waals surface area contributed by atoms with Gasteiger partial charge in [-0.2, -0.15) is 4.31 Å². The predicted molar refractivity (Wildman–Crippen MR) is 116 cm³/mol. The molecule has 3 rings (SSSR count). The van der Waals surface area contributed by atoms with Crippen LogP contribution in [0.4, 0.5) is 4.79 Å². The minimum absolute atomic E-state index is 0.0397. The molecule has 0 unspecified atom stereocenters. The summed E-state index contributed by atoms with van der Waals surface area (Å²) in [5, 5.41) is 0. The van der Waals surface area contributed by atoms with Gasteiger partial charge in [0.05, 0.1) is 31.6 Å². The number of benzene rings is 1. The molecule has 2 amide bonds. The summed E-state index contributed by atoms with van der Waals surface area (Å²) >= 11 is 0.